The normalized spacial score (nSPS) is 22.6. The third-order valence-electron chi connectivity index (χ3n) is 3.65. The van der Waals surface area contributed by atoms with E-state index in [1.165, 1.54) is 31.6 Å². The van der Waals surface area contributed by atoms with E-state index in [2.05, 4.69) is 54.5 Å². The Morgan fingerprint density at radius 1 is 1.38 bits per heavy atom. The summed E-state index contributed by atoms with van der Waals surface area (Å²) in [7, 11) is 2.23. The molecule has 2 rings (SSSR count). The molecule has 0 radical (unpaired) electrons. The van der Waals surface area contributed by atoms with E-state index in [4.69, 9.17) is 0 Å². The van der Waals surface area contributed by atoms with Crippen LogP contribution in [0.15, 0.2) is 30.3 Å². The van der Waals surface area contributed by atoms with Crippen molar-refractivity contribution in [1.82, 2.24) is 10.2 Å². The molecule has 0 aromatic heterocycles. The van der Waals surface area contributed by atoms with Gasteiger partial charge in [-0.15, -0.1) is 0 Å². The number of rotatable bonds is 4. The Morgan fingerprint density at radius 3 is 2.75 bits per heavy atom. The number of benzene rings is 1. The average Bonchev–Trinajstić information content (AvgIpc) is 2.82. The van der Waals surface area contributed by atoms with Crippen molar-refractivity contribution in [2.24, 2.45) is 5.92 Å². The van der Waals surface area contributed by atoms with E-state index < -0.39 is 0 Å². The summed E-state index contributed by atoms with van der Waals surface area (Å²) in [6, 6.07) is 11.3. The van der Waals surface area contributed by atoms with Crippen LogP contribution in [-0.4, -0.2) is 31.6 Å². The SMILES string of the molecule is CC(c1ccccc1)N(C)CC1CCNC1. The maximum atomic E-state index is 3.43. The Labute approximate surface area is 98.7 Å². The maximum Gasteiger partial charge on any atom is 0.0316 e. The molecule has 1 aliphatic rings. The van der Waals surface area contributed by atoms with E-state index in [9.17, 15) is 0 Å². The van der Waals surface area contributed by atoms with Gasteiger partial charge in [0.1, 0.15) is 0 Å². The van der Waals surface area contributed by atoms with Gasteiger partial charge in [-0.1, -0.05) is 30.3 Å². The van der Waals surface area contributed by atoms with Crippen molar-refractivity contribution in [3.05, 3.63) is 35.9 Å². The molecular formula is C14H22N2. The molecule has 1 aromatic rings. The zero-order valence-corrected chi connectivity index (χ0v) is 10.3. The average molecular weight is 218 g/mol. The summed E-state index contributed by atoms with van der Waals surface area (Å²) in [5, 5.41) is 3.43. The molecule has 1 aromatic carbocycles. The Bertz CT molecular complexity index is 304. The molecule has 0 saturated carbocycles. The smallest absolute Gasteiger partial charge is 0.0316 e. The molecule has 88 valence electrons. The summed E-state index contributed by atoms with van der Waals surface area (Å²) in [5.74, 6) is 0.830. The molecule has 2 atom stereocenters. The molecule has 0 aliphatic carbocycles. The van der Waals surface area contributed by atoms with Crippen LogP contribution in [0.5, 0.6) is 0 Å². The van der Waals surface area contributed by atoms with Crippen molar-refractivity contribution in [3.8, 4) is 0 Å². The number of hydrogen-bond acceptors (Lipinski definition) is 2. The van der Waals surface area contributed by atoms with Gasteiger partial charge in [-0.3, -0.25) is 4.90 Å². The Balaban J connectivity index is 1.91. The summed E-state index contributed by atoms with van der Waals surface area (Å²) in [4.78, 5) is 2.47. The molecule has 0 bridgehead atoms. The van der Waals surface area contributed by atoms with E-state index in [1.807, 2.05) is 0 Å². The van der Waals surface area contributed by atoms with Crippen LogP contribution in [0.4, 0.5) is 0 Å². The van der Waals surface area contributed by atoms with E-state index in [0.717, 1.165) is 5.92 Å². The minimum atomic E-state index is 0.516. The summed E-state index contributed by atoms with van der Waals surface area (Å²) in [6.07, 6.45) is 1.33. The minimum absolute atomic E-state index is 0.516. The van der Waals surface area contributed by atoms with Crippen LogP contribution in [0.3, 0.4) is 0 Å². The van der Waals surface area contributed by atoms with E-state index in [1.54, 1.807) is 0 Å². The topological polar surface area (TPSA) is 15.3 Å². The quantitative estimate of drug-likeness (QED) is 0.834. The predicted octanol–water partition coefficient (Wildman–Crippen LogP) is 2.29. The van der Waals surface area contributed by atoms with E-state index in [0.29, 0.717) is 6.04 Å². The zero-order chi connectivity index (χ0) is 11.4. The monoisotopic (exact) mass is 218 g/mol. The maximum absolute atomic E-state index is 3.43. The van der Waals surface area contributed by atoms with Crippen LogP contribution in [0.25, 0.3) is 0 Å². The first-order chi connectivity index (χ1) is 7.77. The molecule has 2 unspecified atom stereocenters. The van der Waals surface area contributed by atoms with Crippen molar-refractivity contribution >= 4 is 0 Å². The first-order valence-electron chi connectivity index (χ1n) is 6.23. The van der Waals surface area contributed by atoms with Crippen molar-refractivity contribution in [2.75, 3.05) is 26.7 Å². The lowest BCUT2D eigenvalue weighted by atomic mass is 10.0. The molecule has 1 aliphatic heterocycles. The molecule has 2 nitrogen and oxygen atoms in total. The van der Waals surface area contributed by atoms with Crippen molar-refractivity contribution in [3.63, 3.8) is 0 Å². The fourth-order valence-electron chi connectivity index (χ4n) is 2.42. The Morgan fingerprint density at radius 2 is 2.12 bits per heavy atom. The second-order valence-electron chi connectivity index (χ2n) is 4.89. The molecule has 2 heteroatoms. The van der Waals surface area contributed by atoms with Crippen LogP contribution in [-0.2, 0) is 0 Å². The van der Waals surface area contributed by atoms with Crippen LogP contribution in [0, 0.1) is 5.92 Å². The predicted molar refractivity (Wildman–Crippen MR) is 68.5 cm³/mol. The van der Waals surface area contributed by atoms with Gasteiger partial charge in [-0.25, -0.2) is 0 Å². The van der Waals surface area contributed by atoms with Crippen LogP contribution in [0.1, 0.15) is 24.9 Å². The van der Waals surface area contributed by atoms with Gasteiger partial charge in [-0.05, 0) is 45.0 Å². The van der Waals surface area contributed by atoms with Crippen molar-refractivity contribution in [1.29, 1.82) is 0 Å². The van der Waals surface area contributed by atoms with E-state index >= 15 is 0 Å². The highest BCUT2D eigenvalue weighted by Crippen LogP contribution is 2.20. The molecule has 1 fully saturated rings. The van der Waals surface area contributed by atoms with Gasteiger partial charge in [0.2, 0.25) is 0 Å². The highest BCUT2D eigenvalue weighted by Gasteiger charge is 2.19. The van der Waals surface area contributed by atoms with Gasteiger partial charge < -0.3 is 5.32 Å². The fourth-order valence-corrected chi connectivity index (χ4v) is 2.42. The van der Waals surface area contributed by atoms with Gasteiger partial charge in [0.25, 0.3) is 0 Å². The first kappa shape index (κ1) is 11.6. The summed E-state index contributed by atoms with van der Waals surface area (Å²) in [6.45, 7) is 5.87. The largest absolute Gasteiger partial charge is 0.316 e. The summed E-state index contributed by atoms with van der Waals surface area (Å²) < 4.78 is 0. The van der Waals surface area contributed by atoms with Gasteiger partial charge in [-0.2, -0.15) is 0 Å². The second-order valence-corrected chi connectivity index (χ2v) is 4.89. The lowest BCUT2D eigenvalue weighted by Crippen LogP contribution is -2.29. The lowest BCUT2D eigenvalue weighted by Gasteiger charge is -2.27. The molecule has 1 heterocycles. The molecule has 0 spiro atoms. The molecule has 1 saturated heterocycles. The van der Waals surface area contributed by atoms with Gasteiger partial charge >= 0.3 is 0 Å². The molecule has 16 heavy (non-hydrogen) atoms. The number of hydrogen-bond donors (Lipinski definition) is 1. The van der Waals surface area contributed by atoms with Crippen LogP contribution >= 0.6 is 0 Å². The van der Waals surface area contributed by atoms with Crippen molar-refractivity contribution < 1.29 is 0 Å². The molecular weight excluding hydrogens is 196 g/mol. The van der Waals surface area contributed by atoms with Crippen molar-refractivity contribution in [2.45, 2.75) is 19.4 Å². The van der Waals surface area contributed by atoms with Gasteiger partial charge in [0, 0.05) is 12.6 Å². The summed E-state index contributed by atoms with van der Waals surface area (Å²) in [5.41, 5.74) is 1.41. The zero-order valence-electron chi connectivity index (χ0n) is 10.3. The highest BCUT2D eigenvalue weighted by atomic mass is 15.1. The Kier molecular flexibility index (Phi) is 3.97. The third kappa shape index (κ3) is 2.83. The minimum Gasteiger partial charge on any atom is -0.316 e. The standard InChI is InChI=1S/C14H22N2/c1-12(14-6-4-3-5-7-14)16(2)11-13-8-9-15-10-13/h3-7,12-13,15H,8-11H2,1-2H3. The Hall–Kier alpha value is -0.860. The molecule has 1 N–H and O–H groups in total. The number of nitrogens with zero attached hydrogens (tertiary/aromatic N) is 1. The fraction of sp³-hybridized carbons (Fsp3) is 0.571. The summed E-state index contributed by atoms with van der Waals surface area (Å²) >= 11 is 0. The van der Waals surface area contributed by atoms with Crippen LogP contribution in [0.2, 0.25) is 0 Å². The third-order valence-corrected chi connectivity index (χ3v) is 3.65. The van der Waals surface area contributed by atoms with E-state index in [-0.39, 0.29) is 0 Å². The van der Waals surface area contributed by atoms with Gasteiger partial charge in [0.05, 0.1) is 0 Å². The van der Waals surface area contributed by atoms with Crippen LogP contribution < -0.4 is 5.32 Å². The molecule has 0 amide bonds. The lowest BCUT2D eigenvalue weighted by molar-refractivity contribution is 0.226. The highest BCUT2D eigenvalue weighted by molar-refractivity contribution is 5.18. The number of nitrogens with one attached hydrogen (secondary N) is 1. The van der Waals surface area contributed by atoms with Gasteiger partial charge in [0.15, 0.2) is 0 Å². The second kappa shape index (κ2) is 5.46. The first-order valence-corrected chi connectivity index (χ1v) is 6.23.